The van der Waals surface area contributed by atoms with Crippen LogP contribution >= 0.6 is 0 Å². The van der Waals surface area contributed by atoms with E-state index in [0.29, 0.717) is 19.4 Å². The van der Waals surface area contributed by atoms with Crippen LogP contribution in [-0.2, 0) is 14.4 Å². The molecule has 3 amide bonds. The summed E-state index contributed by atoms with van der Waals surface area (Å²) in [6.45, 7) is 0.382. The third-order valence-electron chi connectivity index (χ3n) is 2.62. The van der Waals surface area contributed by atoms with Crippen molar-refractivity contribution >= 4 is 23.7 Å². The van der Waals surface area contributed by atoms with E-state index in [0.717, 1.165) is 0 Å². The summed E-state index contributed by atoms with van der Waals surface area (Å²) in [6.07, 6.45) is 0.757. The summed E-state index contributed by atoms with van der Waals surface area (Å²) < 4.78 is 0. The number of amides is 3. The first-order valence-electron chi connectivity index (χ1n) is 5.84. The number of hydrogen-bond donors (Lipinski definition) is 5. The lowest BCUT2D eigenvalue weighted by Gasteiger charge is -2.28. The van der Waals surface area contributed by atoms with Crippen LogP contribution in [-0.4, -0.2) is 42.3 Å². The SMILES string of the molecule is NC(=O)C[C@@H]1NC(=O)[C@H](CCCN=C(N)N)NC1=O. The molecular formula is C10H18N6O3. The Kier molecular flexibility index (Phi) is 5.10. The van der Waals surface area contributed by atoms with Gasteiger partial charge in [0.25, 0.3) is 0 Å². The average molecular weight is 270 g/mol. The Labute approximate surface area is 110 Å². The minimum atomic E-state index is -0.890. The van der Waals surface area contributed by atoms with Crippen LogP contribution in [0.15, 0.2) is 4.99 Å². The molecule has 9 nitrogen and oxygen atoms in total. The van der Waals surface area contributed by atoms with Gasteiger partial charge in [-0.05, 0) is 12.8 Å². The molecule has 0 aliphatic carbocycles. The summed E-state index contributed by atoms with van der Waals surface area (Å²) in [6, 6.07) is -1.52. The third-order valence-corrected chi connectivity index (χ3v) is 2.62. The van der Waals surface area contributed by atoms with E-state index in [4.69, 9.17) is 17.2 Å². The van der Waals surface area contributed by atoms with Gasteiger partial charge < -0.3 is 27.8 Å². The Balaban J connectivity index is 2.43. The summed E-state index contributed by atoms with van der Waals surface area (Å²) in [7, 11) is 0. The summed E-state index contributed by atoms with van der Waals surface area (Å²) >= 11 is 0. The molecule has 106 valence electrons. The number of piperazine rings is 1. The van der Waals surface area contributed by atoms with Crippen molar-refractivity contribution in [3.8, 4) is 0 Å². The number of guanidine groups is 1. The number of aliphatic imine (C=N–C) groups is 1. The van der Waals surface area contributed by atoms with Gasteiger partial charge in [0, 0.05) is 6.54 Å². The lowest BCUT2D eigenvalue weighted by atomic mass is 10.0. The van der Waals surface area contributed by atoms with Crippen molar-refractivity contribution < 1.29 is 14.4 Å². The molecule has 2 atom stereocenters. The highest BCUT2D eigenvalue weighted by Gasteiger charge is 2.33. The molecule has 0 saturated carbocycles. The van der Waals surface area contributed by atoms with Gasteiger partial charge in [0.2, 0.25) is 17.7 Å². The minimum absolute atomic E-state index is 0.0151. The molecule has 1 heterocycles. The number of rotatable bonds is 6. The van der Waals surface area contributed by atoms with Crippen LogP contribution in [0.4, 0.5) is 0 Å². The van der Waals surface area contributed by atoms with Crippen LogP contribution in [0, 0.1) is 0 Å². The van der Waals surface area contributed by atoms with E-state index in [1.807, 2.05) is 0 Å². The normalized spacial score (nSPS) is 22.3. The van der Waals surface area contributed by atoms with Gasteiger partial charge in [0.1, 0.15) is 12.1 Å². The summed E-state index contributed by atoms with van der Waals surface area (Å²) in [5, 5.41) is 5.00. The first-order valence-corrected chi connectivity index (χ1v) is 5.84. The quantitative estimate of drug-likeness (QED) is 0.195. The number of carbonyl (C=O) groups excluding carboxylic acids is 3. The number of nitrogens with zero attached hydrogens (tertiary/aromatic N) is 1. The van der Waals surface area contributed by atoms with Crippen LogP contribution in [0.2, 0.25) is 0 Å². The van der Waals surface area contributed by atoms with E-state index in [2.05, 4.69) is 15.6 Å². The first-order chi connectivity index (χ1) is 8.90. The Morgan fingerprint density at radius 3 is 2.26 bits per heavy atom. The second-order valence-electron chi connectivity index (χ2n) is 4.24. The van der Waals surface area contributed by atoms with Gasteiger partial charge >= 0.3 is 0 Å². The van der Waals surface area contributed by atoms with Gasteiger partial charge in [-0.15, -0.1) is 0 Å². The van der Waals surface area contributed by atoms with Crippen LogP contribution in [0.25, 0.3) is 0 Å². The number of hydrogen-bond acceptors (Lipinski definition) is 4. The molecule has 0 unspecified atom stereocenters. The van der Waals surface area contributed by atoms with Crippen molar-refractivity contribution in [1.82, 2.24) is 10.6 Å². The van der Waals surface area contributed by atoms with E-state index in [1.165, 1.54) is 0 Å². The fraction of sp³-hybridized carbons (Fsp3) is 0.600. The van der Waals surface area contributed by atoms with E-state index >= 15 is 0 Å². The molecule has 0 aromatic heterocycles. The second kappa shape index (κ2) is 6.57. The number of nitrogens with one attached hydrogen (secondary N) is 2. The lowest BCUT2D eigenvalue weighted by molar-refractivity contribution is -0.138. The van der Waals surface area contributed by atoms with Crippen molar-refractivity contribution in [3.05, 3.63) is 0 Å². The average Bonchev–Trinajstić information content (AvgIpc) is 2.29. The molecule has 0 bridgehead atoms. The molecule has 9 heteroatoms. The van der Waals surface area contributed by atoms with E-state index in [1.54, 1.807) is 0 Å². The van der Waals surface area contributed by atoms with Crippen LogP contribution in [0.5, 0.6) is 0 Å². The van der Waals surface area contributed by atoms with E-state index in [9.17, 15) is 14.4 Å². The maximum Gasteiger partial charge on any atom is 0.243 e. The predicted molar refractivity (Wildman–Crippen MR) is 67.6 cm³/mol. The van der Waals surface area contributed by atoms with Crippen molar-refractivity contribution in [1.29, 1.82) is 0 Å². The molecule has 1 aliphatic rings. The highest BCUT2D eigenvalue weighted by Crippen LogP contribution is 2.06. The van der Waals surface area contributed by atoms with E-state index in [-0.39, 0.29) is 18.3 Å². The van der Waals surface area contributed by atoms with Gasteiger partial charge in [-0.3, -0.25) is 19.4 Å². The third kappa shape index (κ3) is 4.82. The Hall–Kier alpha value is -2.32. The molecule has 1 rings (SSSR count). The maximum atomic E-state index is 11.7. The van der Waals surface area contributed by atoms with Crippen molar-refractivity contribution in [2.75, 3.05) is 6.54 Å². The number of nitrogens with two attached hydrogens (primary N) is 3. The summed E-state index contributed by atoms with van der Waals surface area (Å²) in [5.41, 5.74) is 15.3. The summed E-state index contributed by atoms with van der Waals surface area (Å²) in [5.74, 6) is -1.41. The predicted octanol–water partition coefficient (Wildman–Crippen LogP) is -3.10. The maximum absolute atomic E-state index is 11.7. The molecule has 1 saturated heterocycles. The largest absolute Gasteiger partial charge is 0.370 e. The van der Waals surface area contributed by atoms with Crippen molar-refractivity contribution in [3.63, 3.8) is 0 Å². The lowest BCUT2D eigenvalue weighted by Crippen LogP contribution is -2.62. The van der Waals surface area contributed by atoms with Crippen LogP contribution in [0.3, 0.4) is 0 Å². The van der Waals surface area contributed by atoms with Gasteiger partial charge in [-0.1, -0.05) is 0 Å². The molecule has 0 radical (unpaired) electrons. The van der Waals surface area contributed by atoms with Crippen molar-refractivity contribution in [2.24, 2.45) is 22.2 Å². The second-order valence-corrected chi connectivity index (χ2v) is 4.24. The van der Waals surface area contributed by atoms with Gasteiger partial charge in [-0.2, -0.15) is 0 Å². The smallest absolute Gasteiger partial charge is 0.243 e. The standard InChI is InChI=1S/C10H18N6O3/c11-7(17)4-6-9(19)15-5(8(18)16-6)2-1-3-14-10(12)13/h5-6H,1-4H2,(H2,11,17)(H,15,19)(H,16,18)(H4,12,13,14)/t5-,6-/m0/s1. The molecule has 0 aromatic rings. The van der Waals surface area contributed by atoms with Crippen LogP contribution < -0.4 is 27.8 Å². The monoisotopic (exact) mass is 270 g/mol. The first kappa shape index (κ1) is 14.7. The molecular weight excluding hydrogens is 252 g/mol. The minimum Gasteiger partial charge on any atom is -0.370 e. The number of primary amides is 1. The molecule has 1 fully saturated rings. The topological polar surface area (TPSA) is 166 Å². The zero-order valence-electron chi connectivity index (χ0n) is 10.4. The van der Waals surface area contributed by atoms with Gasteiger partial charge in [0.15, 0.2) is 5.96 Å². The molecule has 19 heavy (non-hydrogen) atoms. The fourth-order valence-corrected chi connectivity index (χ4v) is 1.73. The number of carbonyl (C=O) groups is 3. The van der Waals surface area contributed by atoms with Crippen LogP contribution in [0.1, 0.15) is 19.3 Å². The molecule has 0 spiro atoms. The molecule has 8 N–H and O–H groups in total. The molecule has 0 aromatic carbocycles. The Morgan fingerprint density at radius 2 is 1.68 bits per heavy atom. The van der Waals surface area contributed by atoms with Crippen molar-refractivity contribution in [2.45, 2.75) is 31.3 Å². The van der Waals surface area contributed by atoms with Gasteiger partial charge in [0.05, 0.1) is 6.42 Å². The summed E-state index contributed by atoms with van der Waals surface area (Å²) in [4.78, 5) is 37.8. The Morgan fingerprint density at radius 1 is 1.11 bits per heavy atom. The zero-order valence-corrected chi connectivity index (χ0v) is 10.4. The highest BCUT2D eigenvalue weighted by molar-refractivity contribution is 5.98. The zero-order chi connectivity index (χ0) is 14.4. The Bertz CT molecular complexity index is 404. The molecule has 1 aliphatic heterocycles. The fourth-order valence-electron chi connectivity index (χ4n) is 1.73. The van der Waals surface area contributed by atoms with Gasteiger partial charge in [-0.25, -0.2) is 0 Å². The highest BCUT2D eigenvalue weighted by atomic mass is 16.2. The van der Waals surface area contributed by atoms with E-state index < -0.39 is 23.9 Å².